The van der Waals surface area contributed by atoms with Gasteiger partial charge in [-0.1, -0.05) is 24.3 Å². The zero-order valence-corrected chi connectivity index (χ0v) is 13.3. The first-order valence-electron chi connectivity index (χ1n) is 4.99. The van der Waals surface area contributed by atoms with Gasteiger partial charge in [-0.2, -0.15) is 0 Å². The van der Waals surface area contributed by atoms with E-state index in [-0.39, 0.29) is 51.4 Å². The summed E-state index contributed by atoms with van der Waals surface area (Å²) in [6.45, 7) is -1.10. The van der Waals surface area contributed by atoms with Crippen LogP contribution in [0.2, 0.25) is 0 Å². The Hall–Kier alpha value is 0.251. The second kappa shape index (κ2) is 7.63. The van der Waals surface area contributed by atoms with Crippen LogP contribution >= 0.6 is 0 Å². The van der Waals surface area contributed by atoms with Crippen LogP contribution in [0.5, 0.6) is 5.75 Å². The summed E-state index contributed by atoms with van der Waals surface area (Å²) in [6, 6.07) is 3.53. The molecule has 17 heavy (non-hydrogen) atoms. The van der Waals surface area contributed by atoms with Crippen LogP contribution in [0.3, 0.4) is 0 Å². The van der Waals surface area contributed by atoms with Crippen molar-refractivity contribution < 1.29 is 69.1 Å². The molecule has 0 N–H and O–H groups in total. The standard InChI is InChI=1S/C11H13BF3O.K/c1-3-4-7-16-11-6-5-10(8-9(11)2)12(13,14)15;/h3-6,8H,7H2,1-2H3;/q-1;+1. The van der Waals surface area contributed by atoms with E-state index in [0.717, 1.165) is 12.1 Å². The number of benzene rings is 1. The van der Waals surface area contributed by atoms with Crippen molar-refractivity contribution in [3.05, 3.63) is 35.9 Å². The van der Waals surface area contributed by atoms with E-state index < -0.39 is 12.4 Å². The van der Waals surface area contributed by atoms with Gasteiger partial charge in [0.05, 0.1) is 0 Å². The minimum atomic E-state index is -4.93. The van der Waals surface area contributed by atoms with E-state index in [2.05, 4.69) is 0 Å². The topological polar surface area (TPSA) is 9.23 Å². The van der Waals surface area contributed by atoms with E-state index in [1.807, 2.05) is 13.0 Å². The number of allylic oxidation sites excluding steroid dienone is 1. The number of ether oxygens (including phenoxy) is 1. The van der Waals surface area contributed by atoms with E-state index in [1.54, 1.807) is 13.0 Å². The van der Waals surface area contributed by atoms with Crippen LogP contribution in [0, 0.1) is 6.92 Å². The maximum atomic E-state index is 12.4. The first-order valence-corrected chi connectivity index (χ1v) is 4.99. The van der Waals surface area contributed by atoms with Gasteiger partial charge >= 0.3 is 58.4 Å². The maximum Gasteiger partial charge on any atom is 1.00 e. The molecule has 0 heterocycles. The molecule has 0 aliphatic carbocycles. The molecule has 0 amide bonds. The normalized spacial score (nSPS) is 11.4. The number of halogens is 3. The third kappa shape index (κ3) is 5.61. The number of rotatable bonds is 4. The molecular formula is C11H13BF3KO. The Kier molecular flexibility index (Phi) is 7.75. The quantitative estimate of drug-likeness (QED) is 0.552. The second-order valence-electron chi connectivity index (χ2n) is 3.48. The van der Waals surface area contributed by atoms with E-state index >= 15 is 0 Å². The van der Waals surface area contributed by atoms with Gasteiger partial charge in [-0.3, -0.25) is 0 Å². The van der Waals surface area contributed by atoms with Crippen LogP contribution in [0.1, 0.15) is 12.5 Å². The van der Waals surface area contributed by atoms with Gasteiger partial charge in [0.25, 0.3) is 0 Å². The monoisotopic (exact) mass is 268 g/mol. The molecule has 0 aliphatic heterocycles. The average Bonchev–Trinajstić information content (AvgIpc) is 2.19. The largest absolute Gasteiger partial charge is 1.00 e. The molecule has 0 aromatic heterocycles. The molecule has 0 aliphatic rings. The summed E-state index contributed by atoms with van der Waals surface area (Å²) >= 11 is 0. The van der Waals surface area contributed by atoms with E-state index in [9.17, 15) is 12.9 Å². The van der Waals surface area contributed by atoms with Crippen LogP contribution in [-0.4, -0.2) is 13.6 Å². The van der Waals surface area contributed by atoms with Crippen LogP contribution in [0.4, 0.5) is 12.9 Å². The Labute approximate surface area is 142 Å². The fourth-order valence-electron chi connectivity index (χ4n) is 1.27. The molecule has 0 spiro atoms. The summed E-state index contributed by atoms with van der Waals surface area (Å²) < 4.78 is 42.5. The molecule has 6 heteroatoms. The van der Waals surface area contributed by atoms with Gasteiger partial charge in [-0.05, 0) is 25.5 Å². The number of aryl methyl sites for hydroxylation is 1. The van der Waals surface area contributed by atoms with Crippen molar-refractivity contribution in [1.82, 2.24) is 0 Å². The second-order valence-corrected chi connectivity index (χ2v) is 3.48. The molecule has 0 bridgehead atoms. The first-order chi connectivity index (χ1) is 7.45. The molecule has 0 atom stereocenters. The van der Waals surface area contributed by atoms with Crippen LogP contribution in [-0.2, 0) is 0 Å². The summed E-state index contributed by atoms with van der Waals surface area (Å²) in [7, 11) is 0. The van der Waals surface area contributed by atoms with Crippen molar-refractivity contribution in [1.29, 1.82) is 0 Å². The Balaban J connectivity index is 0.00000256. The van der Waals surface area contributed by atoms with Gasteiger partial charge in [-0.25, -0.2) is 0 Å². The number of hydrogen-bond donors (Lipinski definition) is 0. The Bertz CT molecular complexity index is 391. The molecule has 0 saturated heterocycles. The molecule has 1 aromatic carbocycles. The van der Waals surface area contributed by atoms with Crippen molar-refractivity contribution in [3.63, 3.8) is 0 Å². The van der Waals surface area contributed by atoms with Crippen molar-refractivity contribution in [3.8, 4) is 5.75 Å². The van der Waals surface area contributed by atoms with E-state index in [1.165, 1.54) is 6.07 Å². The molecule has 1 aromatic rings. The smallest absolute Gasteiger partial charge is 0.489 e. The fourth-order valence-corrected chi connectivity index (χ4v) is 1.27. The zero-order valence-electron chi connectivity index (χ0n) is 10.2. The summed E-state index contributed by atoms with van der Waals surface area (Å²) in [5.74, 6) is 0.488. The van der Waals surface area contributed by atoms with Crippen molar-refractivity contribution in [2.45, 2.75) is 13.8 Å². The third-order valence-corrected chi connectivity index (χ3v) is 2.15. The maximum absolute atomic E-state index is 12.4. The fraction of sp³-hybridized carbons (Fsp3) is 0.273. The van der Waals surface area contributed by atoms with Gasteiger partial charge in [0.2, 0.25) is 0 Å². The SMILES string of the molecule is CC=CCOc1ccc([B-](F)(F)F)cc1C.[K+]. The third-order valence-electron chi connectivity index (χ3n) is 2.15. The molecule has 1 rings (SSSR count). The Morgan fingerprint density at radius 2 is 1.94 bits per heavy atom. The van der Waals surface area contributed by atoms with Crippen LogP contribution in [0.25, 0.3) is 0 Å². The van der Waals surface area contributed by atoms with Crippen LogP contribution in [0.15, 0.2) is 30.4 Å². The average molecular weight is 268 g/mol. The van der Waals surface area contributed by atoms with Gasteiger partial charge < -0.3 is 17.7 Å². The number of hydrogen-bond acceptors (Lipinski definition) is 1. The Morgan fingerprint density at radius 3 is 2.41 bits per heavy atom. The molecule has 88 valence electrons. The van der Waals surface area contributed by atoms with E-state index in [0.29, 0.717) is 17.9 Å². The minimum Gasteiger partial charge on any atom is -0.489 e. The predicted octanol–water partition coefficient (Wildman–Crippen LogP) is 0.00832. The van der Waals surface area contributed by atoms with Gasteiger partial charge in [0, 0.05) is 0 Å². The summed E-state index contributed by atoms with van der Waals surface area (Å²) in [6.07, 6.45) is 3.61. The molecular weight excluding hydrogens is 255 g/mol. The molecule has 0 unspecified atom stereocenters. The van der Waals surface area contributed by atoms with Gasteiger partial charge in [0.1, 0.15) is 12.4 Å². The minimum absolute atomic E-state index is 0. The van der Waals surface area contributed by atoms with Crippen LogP contribution < -0.4 is 61.6 Å². The molecule has 0 fully saturated rings. The summed E-state index contributed by atoms with van der Waals surface area (Å²) in [5, 5.41) is 0. The van der Waals surface area contributed by atoms with Gasteiger partial charge in [0.15, 0.2) is 0 Å². The molecule has 0 saturated carbocycles. The molecule has 0 radical (unpaired) electrons. The summed E-state index contributed by atoms with van der Waals surface area (Å²) in [5.41, 5.74) is -0.0860. The van der Waals surface area contributed by atoms with Crippen molar-refractivity contribution in [2.75, 3.05) is 6.61 Å². The van der Waals surface area contributed by atoms with Gasteiger partial charge in [-0.15, -0.1) is 5.46 Å². The summed E-state index contributed by atoms with van der Waals surface area (Å²) in [4.78, 5) is 0. The Morgan fingerprint density at radius 1 is 1.29 bits per heavy atom. The van der Waals surface area contributed by atoms with Crippen molar-refractivity contribution >= 4 is 12.4 Å². The zero-order chi connectivity index (χ0) is 12.2. The molecule has 1 nitrogen and oxygen atoms in total. The van der Waals surface area contributed by atoms with E-state index in [4.69, 9.17) is 4.74 Å². The predicted molar refractivity (Wildman–Crippen MR) is 60.2 cm³/mol. The first kappa shape index (κ1) is 17.3. The van der Waals surface area contributed by atoms with Crippen molar-refractivity contribution in [2.24, 2.45) is 0 Å².